The van der Waals surface area contributed by atoms with Crippen molar-refractivity contribution in [3.63, 3.8) is 0 Å². The van der Waals surface area contributed by atoms with Crippen LogP contribution in [0.5, 0.6) is 0 Å². The number of nitrogens with two attached hydrogens (primary N) is 1. The Morgan fingerprint density at radius 3 is 2.12 bits per heavy atom. The number of hydrogen-bond donors (Lipinski definition) is 2. The molecule has 0 aromatic heterocycles. The van der Waals surface area contributed by atoms with Gasteiger partial charge >= 0.3 is 0 Å². The van der Waals surface area contributed by atoms with E-state index in [2.05, 4.69) is 24.5 Å². The molecule has 24 heavy (non-hydrogen) atoms. The van der Waals surface area contributed by atoms with E-state index < -0.39 is 0 Å². The molecule has 4 bridgehead atoms. The van der Waals surface area contributed by atoms with E-state index in [4.69, 9.17) is 0 Å². The Hall–Kier alpha value is -1.35. The van der Waals surface area contributed by atoms with Crippen LogP contribution in [0.2, 0.25) is 0 Å². The molecule has 3 nitrogen and oxygen atoms in total. The molecule has 0 spiro atoms. The van der Waals surface area contributed by atoms with Gasteiger partial charge in [0, 0.05) is 11.1 Å². The molecule has 4 aliphatic rings. The van der Waals surface area contributed by atoms with Crippen molar-refractivity contribution in [1.82, 2.24) is 0 Å². The molecule has 0 aliphatic heterocycles. The molecule has 0 saturated heterocycles. The summed E-state index contributed by atoms with van der Waals surface area (Å²) in [5.41, 5.74) is 1.39. The SMILES string of the molecule is C[C@H]([NH2+][C@H](C)C(=O)Nc1ccccc1)C12CC3CC(CC(C3)C1)C2. The monoisotopic (exact) mass is 327 g/mol. The molecular weight excluding hydrogens is 296 g/mol. The lowest BCUT2D eigenvalue weighted by Crippen LogP contribution is -2.98. The standard InChI is InChI=1S/C21H30N2O/c1-14(20(24)23-19-6-4-3-5-7-19)22-15(2)21-11-16-8-17(12-21)10-18(9-16)13-21/h3-7,14-18,22H,8-13H2,1-2H3,(H,23,24)/p+1/t14-,15+,16?,17?,18?,21?/m1/s1. The van der Waals surface area contributed by atoms with Gasteiger partial charge in [0.2, 0.25) is 0 Å². The molecule has 0 heterocycles. The van der Waals surface area contributed by atoms with Gasteiger partial charge in [0.05, 0.1) is 6.04 Å². The predicted octanol–water partition coefficient (Wildman–Crippen LogP) is 3.18. The van der Waals surface area contributed by atoms with Crippen molar-refractivity contribution in [3.8, 4) is 0 Å². The van der Waals surface area contributed by atoms with Crippen LogP contribution in [0.4, 0.5) is 5.69 Å². The van der Waals surface area contributed by atoms with E-state index in [9.17, 15) is 4.79 Å². The van der Waals surface area contributed by atoms with E-state index in [0.717, 1.165) is 23.4 Å². The second-order valence-electron chi connectivity index (χ2n) is 8.91. The number of nitrogens with one attached hydrogen (secondary N) is 1. The third-order valence-electron chi connectivity index (χ3n) is 7.08. The highest BCUT2D eigenvalue weighted by Gasteiger charge is 2.54. The summed E-state index contributed by atoms with van der Waals surface area (Å²) < 4.78 is 0. The lowest BCUT2D eigenvalue weighted by molar-refractivity contribution is -0.718. The van der Waals surface area contributed by atoms with Crippen molar-refractivity contribution < 1.29 is 10.1 Å². The molecule has 4 fully saturated rings. The maximum Gasteiger partial charge on any atom is 0.282 e. The summed E-state index contributed by atoms with van der Waals surface area (Å²) in [5, 5.41) is 5.39. The molecule has 130 valence electrons. The average Bonchev–Trinajstić information content (AvgIpc) is 2.54. The number of para-hydroxylation sites is 1. The molecule has 1 aromatic rings. The third kappa shape index (κ3) is 2.99. The highest BCUT2D eigenvalue weighted by molar-refractivity contribution is 5.93. The number of benzene rings is 1. The van der Waals surface area contributed by atoms with Gasteiger partial charge < -0.3 is 10.6 Å². The van der Waals surface area contributed by atoms with E-state index >= 15 is 0 Å². The van der Waals surface area contributed by atoms with Crippen molar-refractivity contribution in [2.75, 3.05) is 5.32 Å². The normalized spacial score (nSPS) is 36.3. The van der Waals surface area contributed by atoms with Crippen LogP contribution in [0.1, 0.15) is 52.4 Å². The first kappa shape index (κ1) is 16.1. The summed E-state index contributed by atoms with van der Waals surface area (Å²) in [4.78, 5) is 12.5. The first-order valence-electron chi connectivity index (χ1n) is 9.75. The van der Waals surface area contributed by atoms with Crippen molar-refractivity contribution in [3.05, 3.63) is 30.3 Å². The van der Waals surface area contributed by atoms with Gasteiger partial charge in [-0.3, -0.25) is 4.79 Å². The molecule has 5 rings (SSSR count). The Labute approximate surface area is 145 Å². The first-order chi connectivity index (χ1) is 11.5. The topological polar surface area (TPSA) is 45.7 Å². The van der Waals surface area contributed by atoms with Gasteiger partial charge in [-0.15, -0.1) is 0 Å². The van der Waals surface area contributed by atoms with Crippen LogP contribution >= 0.6 is 0 Å². The molecular formula is C21H31N2O+. The zero-order valence-electron chi connectivity index (χ0n) is 15.0. The number of anilines is 1. The van der Waals surface area contributed by atoms with Gasteiger partial charge in [0.1, 0.15) is 0 Å². The number of amides is 1. The second kappa shape index (κ2) is 6.18. The Balaban J connectivity index is 1.38. The minimum absolute atomic E-state index is 0.0341. The van der Waals surface area contributed by atoms with E-state index in [0.29, 0.717) is 11.5 Å². The van der Waals surface area contributed by atoms with E-state index in [1.807, 2.05) is 30.3 Å². The lowest BCUT2D eigenvalue weighted by atomic mass is 9.48. The van der Waals surface area contributed by atoms with Gasteiger partial charge in [0.25, 0.3) is 5.91 Å². The van der Waals surface area contributed by atoms with E-state index in [1.165, 1.54) is 38.5 Å². The molecule has 0 unspecified atom stereocenters. The Kier molecular flexibility index (Phi) is 4.16. The molecule has 0 radical (unpaired) electrons. The summed E-state index contributed by atoms with van der Waals surface area (Å²) in [6.45, 7) is 4.43. The zero-order chi connectivity index (χ0) is 16.7. The Morgan fingerprint density at radius 2 is 1.58 bits per heavy atom. The summed E-state index contributed by atoms with van der Waals surface area (Å²) in [6.07, 6.45) is 8.67. The minimum Gasteiger partial charge on any atom is -0.334 e. The highest BCUT2D eigenvalue weighted by atomic mass is 16.2. The van der Waals surface area contributed by atoms with Crippen LogP contribution in [-0.4, -0.2) is 18.0 Å². The van der Waals surface area contributed by atoms with Crippen molar-refractivity contribution in [2.24, 2.45) is 23.2 Å². The number of hydrogen-bond acceptors (Lipinski definition) is 1. The fourth-order valence-corrected chi connectivity index (χ4v) is 6.24. The fourth-order valence-electron chi connectivity index (χ4n) is 6.24. The smallest absolute Gasteiger partial charge is 0.282 e. The van der Waals surface area contributed by atoms with Crippen LogP contribution in [0, 0.1) is 23.2 Å². The third-order valence-corrected chi connectivity index (χ3v) is 7.08. The van der Waals surface area contributed by atoms with Crippen molar-refractivity contribution >= 4 is 11.6 Å². The van der Waals surface area contributed by atoms with E-state index in [-0.39, 0.29) is 11.9 Å². The molecule has 3 heteroatoms. The average molecular weight is 327 g/mol. The summed E-state index contributed by atoms with van der Waals surface area (Å²) in [5.74, 6) is 3.04. The molecule has 3 N–H and O–H groups in total. The summed E-state index contributed by atoms with van der Waals surface area (Å²) in [7, 11) is 0. The van der Waals surface area contributed by atoms with Crippen LogP contribution < -0.4 is 10.6 Å². The molecule has 1 aromatic carbocycles. The summed E-state index contributed by atoms with van der Waals surface area (Å²) >= 11 is 0. The van der Waals surface area contributed by atoms with E-state index in [1.54, 1.807) is 0 Å². The fraction of sp³-hybridized carbons (Fsp3) is 0.667. The van der Waals surface area contributed by atoms with Gasteiger partial charge in [-0.2, -0.15) is 0 Å². The number of rotatable bonds is 5. The van der Waals surface area contributed by atoms with Crippen LogP contribution in [0.25, 0.3) is 0 Å². The maximum absolute atomic E-state index is 12.5. The molecule has 4 aliphatic carbocycles. The molecule has 2 atom stereocenters. The number of carbonyl (C=O) groups is 1. The highest BCUT2D eigenvalue weighted by Crippen LogP contribution is 2.60. The van der Waals surface area contributed by atoms with Crippen molar-refractivity contribution in [2.45, 2.75) is 64.5 Å². The first-order valence-corrected chi connectivity index (χ1v) is 9.75. The summed E-state index contributed by atoms with van der Waals surface area (Å²) in [6, 6.07) is 10.3. The lowest BCUT2D eigenvalue weighted by Gasteiger charge is -2.58. The Bertz CT molecular complexity index is 562. The Morgan fingerprint density at radius 1 is 1.04 bits per heavy atom. The molecule has 1 amide bonds. The molecule has 4 saturated carbocycles. The minimum atomic E-state index is -0.0341. The maximum atomic E-state index is 12.5. The van der Waals surface area contributed by atoms with Crippen LogP contribution in [-0.2, 0) is 4.79 Å². The van der Waals surface area contributed by atoms with Crippen molar-refractivity contribution in [1.29, 1.82) is 0 Å². The zero-order valence-corrected chi connectivity index (χ0v) is 15.0. The van der Waals surface area contributed by atoms with Crippen LogP contribution in [0.15, 0.2) is 30.3 Å². The van der Waals surface area contributed by atoms with Gasteiger partial charge in [-0.05, 0) is 82.3 Å². The number of quaternary nitrogens is 1. The largest absolute Gasteiger partial charge is 0.334 e. The van der Waals surface area contributed by atoms with Gasteiger partial charge in [-0.25, -0.2) is 0 Å². The predicted molar refractivity (Wildman–Crippen MR) is 96.5 cm³/mol. The van der Waals surface area contributed by atoms with Gasteiger partial charge in [-0.1, -0.05) is 18.2 Å². The number of carbonyl (C=O) groups excluding carboxylic acids is 1. The van der Waals surface area contributed by atoms with Crippen LogP contribution in [0.3, 0.4) is 0 Å². The quantitative estimate of drug-likeness (QED) is 0.857. The second-order valence-corrected chi connectivity index (χ2v) is 8.91. The van der Waals surface area contributed by atoms with Gasteiger partial charge in [0.15, 0.2) is 6.04 Å².